The van der Waals surface area contributed by atoms with E-state index in [1.54, 1.807) is 12.1 Å². The van der Waals surface area contributed by atoms with Gasteiger partial charge >= 0.3 is 0 Å². The fourth-order valence-corrected chi connectivity index (χ4v) is 1.67. The molecule has 0 atom stereocenters. The molecule has 0 aliphatic rings. The van der Waals surface area contributed by atoms with Gasteiger partial charge in [-0.2, -0.15) is 0 Å². The molecule has 0 saturated carbocycles. The summed E-state index contributed by atoms with van der Waals surface area (Å²) in [6.45, 7) is 0. The second kappa shape index (κ2) is 3.42. The fraction of sp³-hybridized carbons (Fsp3) is 0. The van der Waals surface area contributed by atoms with Crippen molar-refractivity contribution in [3.63, 3.8) is 0 Å². The minimum Gasteiger partial charge on any atom is -0.424 e. The summed E-state index contributed by atoms with van der Waals surface area (Å²) in [4.78, 5) is 3.70. The number of nitrogens with two attached hydrogens (primary N) is 1. The van der Waals surface area contributed by atoms with E-state index in [-0.39, 0.29) is 11.8 Å². The molecule has 1 aromatic carbocycles. The molecule has 5 heteroatoms. The van der Waals surface area contributed by atoms with Gasteiger partial charge in [-0.1, -0.05) is 6.07 Å². The molecule has 0 saturated heterocycles. The normalized spacial score (nSPS) is 10.4. The number of benzene rings is 1. The van der Waals surface area contributed by atoms with Gasteiger partial charge in [0.15, 0.2) is 5.76 Å². The Morgan fingerprint density at radius 1 is 1.43 bits per heavy atom. The zero-order chi connectivity index (χ0) is 10.1. The number of hydrogen-bond acceptors (Lipinski definition) is 3. The predicted molar refractivity (Wildman–Crippen MR) is 54.0 cm³/mol. The predicted octanol–water partition coefficient (Wildman–Crippen LogP) is 2.83. The number of hydrogen-bond donors (Lipinski definition) is 1. The molecular weight excluding hydrogens is 251 g/mol. The molecule has 0 spiro atoms. The van der Waals surface area contributed by atoms with Crippen LogP contribution in [0.15, 0.2) is 33.3 Å². The van der Waals surface area contributed by atoms with E-state index < -0.39 is 0 Å². The molecule has 0 radical (unpaired) electrons. The molecule has 1 aromatic heterocycles. The van der Waals surface area contributed by atoms with Crippen LogP contribution >= 0.6 is 15.9 Å². The Hall–Kier alpha value is -1.36. The SMILES string of the molecule is Nc1ncc(-c2c(F)cccc2Br)o1. The highest BCUT2D eigenvalue weighted by Gasteiger charge is 2.12. The molecule has 1 heterocycles. The molecule has 2 N–H and O–H groups in total. The van der Waals surface area contributed by atoms with Gasteiger partial charge < -0.3 is 10.2 Å². The van der Waals surface area contributed by atoms with Gasteiger partial charge in [0, 0.05) is 4.47 Å². The molecular formula is C9H6BrFN2O. The Bertz CT molecular complexity index is 449. The van der Waals surface area contributed by atoms with Gasteiger partial charge in [-0.05, 0) is 28.1 Å². The number of rotatable bonds is 1. The number of nitrogen functional groups attached to an aromatic ring is 1. The molecule has 0 amide bonds. The van der Waals surface area contributed by atoms with Gasteiger partial charge in [0.25, 0.3) is 6.01 Å². The van der Waals surface area contributed by atoms with Crippen molar-refractivity contribution in [1.29, 1.82) is 0 Å². The van der Waals surface area contributed by atoms with Crippen LogP contribution in [-0.2, 0) is 0 Å². The summed E-state index contributed by atoms with van der Waals surface area (Å²) in [7, 11) is 0. The van der Waals surface area contributed by atoms with E-state index in [9.17, 15) is 4.39 Å². The molecule has 2 rings (SSSR count). The summed E-state index contributed by atoms with van der Waals surface area (Å²) >= 11 is 3.22. The van der Waals surface area contributed by atoms with E-state index in [4.69, 9.17) is 10.2 Å². The first-order valence-electron chi connectivity index (χ1n) is 3.84. The van der Waals surface area contributed by atoms with Crippen molar-refractivity contribution < 1.29 is 8.81 Å². The van der Waals surface area contributed by atoms with Crippen LogP contribution in [0.5, 0.6) is 0 Å². The lowest BCUT2D eigenvalue weighted by Gasteiger charge is -2.00. The lowest BCUT2D eigenvalue weighted by atomic mass is 10.2. The Balaban J connectivity index is 2.61. The number of halogens is 2. The van der Waals surface area contributed by atoms with Crippen LogP contribution < -0.4 is 5.73 Å². The first kappa shape index (κ1) is 9.21. The Morgan fingerprint density at radius 3 is 2.79 bits per heavy atom. The topological polar surface area (TPSA) is 52.0 Å². The fourth-order valence-electron chi connectivity index (χ4n) is 1.14. The zero-order valence-corrected chi connectivity index (χ0v) is 8.58. The number of anilines is 1. The minimum atomic E-state index is -0.379. The first-order valence-corrected chi connectivity index (χ1v) is 4.63. The largest absolute Gasteiger partial charge is 0.424 e. The van der Waals surface area contributed by atoms with Crippen molar-refractivity contribution in [1.82, 2.24) is 4.98 Å². The summed E-state index contributed by atoms with van der Waals surface area (Å²) in [5, 5.41) is 0. The molecule has 0 fully saturated rings. The maximum absolute atomic E-state index is 13.4. The summed E-state index contributed by atoms with van der Waals surface area (Å²) in [5.74, 6) is -0.0667. The first-order chi connectivity index (χ1) is 6.68. The third kappa shape index (κ3) is 1.50. The molecule has 2 aromatic rings. The highest BCUT2D eigenvalue weighted by molar-refractivity contribution is 9.10. The highest BCUT2D eigenvalue weighted by atomic mass is 79.9. The molecule has 0 aliphatic heterocycles. The van der Waals surface area contributed by atoms with E-state index in [2.05, 4.69) is 20.9 Å². The second-order valence-electron chi connectivity index (χ2n) is 2.66. The minimum absolute atomic E-state index is 0.0233. The molecule has 0 bridgehead atoms. The third-order valence-corrected chi connectivity index (χ3v) is 2.39. The number of oxazole rings is 1. The standard InChI is InChI=1S/C9H6BrFN2O/c10-5-2-1-3-6(11)8(5)7-4-13-9(12)14-7/h1-4H,(H2,12,13). The zero-order valence-electron chi connectivity index (χ0n) is 7.00. The van der Waals surface area contributed by atoms with E-state index >= 15 is 0 Å². The van der Waals surface area contributed by atoms with Crippen molar-refractivity contribution in [2.75, 3.05) is 5.73 Å². The van der Waals surface area contributed by atoms with Crippen molar-refractivity contribution in [2.45, 2.75) is 0 Å². The number of nitrogens with zero attached hydrogens (tertiary/aromatic N) is 1. The van der Waals surface area contributed by atoms with Crippen LogP contribution in [0.1, 0.15) is 0 Å². The number of aromatic nitrogens is 1. The summed E-state index contributed by atoms with van der Waals surface area (Å²) in [6.07, 6.45) is 1.39. The molecule has 3 nitrogen and oxygen atoms in total. The summed E-state index contributed by atoms with van der Waals surface area (Å²) < 4.78 is 19.0. The molecule has 0 unspecified atom stereocenters. The Morgan fingerprint density at radius 2 is 2.21 bits per heavy atom. The second-order valence-corrected chi connectivity index (χ2v) is 3.51. The molecule has 14 heavy (non-hydrogen) atoms. The highest BCUT2D eigenvalue weighted by Crippen LogP contribution is 2.31. The Kier molecular flexibility index (Phi) is 2.25. The van der Waals surface area contributed by atoms with E-state index in [1.165, 1.54) is 12.3 Å². The van der Waals surface area contributed by atoms with Crippen LogP contribution in [-0.4, -0.2) is 4.98 Å². The van der Waals surface area contributed by atoms with Crippen LogP contribution in [0, 0.1) is 5.82 Å². The van der Waals surface area contributed by atoms with Gasteiger partial charge in [0.05, 0.1) is 11.8 Å². The van der Waals surface area contributed by atoms with Gasteiger partial charge in [0.1, 0.15) is 5.82 Å². The summed E-state index contributed by atoms with van der Waals surface area (Å²) in [5.41, 5.74) is 5.63. The smallest absolute Gasteiger partial charge is 0.292 e. The molecule has 72 valence electrons. The van der Waals surface area contributed by atoms with E-state index in [0.29, 0.717) is 15.8 Å². The van der Waals surface area contributed by atoms with Crippen LogP contribution in [0.2, 0.25) is 0 Å². The van der Waals surface area contributed by atoms with Crippen LogP contribution in [0.25, 0.3) is 11.3 Å². The lowest BCUT2D eigenvalue weighted by Crippen LogP contribution is -1.83. The monoisotopic (exact) mass is 256 g/mol. The quantitative estimate of drug-likeness (QED) is 0.854. The Labute approximate surface area is 87.9 Å². The molecule has 0 aliphatic carbocycles. The van der Waals surface area contributed by atoms with Crippen molar-refractivity contribution in [3.8, 4) is 11.3 Å². The van der Waals surface area contributed by atoms with Gasteiger partial charge in [0.2, 0.25) is 0 Å². The van der Waals surface area contributed by atoms with Crippen molar-refractivity contribution in [2.24, 2.45) is 0 Å². The van der Waals surface area contributed by atoms with Gasteiger partial charge in [-0.15, -0.1) is 0 Å². The van der Waals surface area contributed by atoms with E-state index in [0.717, 1.165) is 0 Å². The van der Waals surface area contributed by atoms with Crippen molar-refractivity contribution >= 4 is 21.9 Å². The van der Waals surface area contributed by atoms with Gasteiger partial charge in [-0.25, -0.2) is 9.37 Å². The lowest BCUT2D eigenvalue weighted by molar-refractivity contribution is 0.579. The van der Waals surface area contributed by atoms with Gasteiger partial charge in [-0.3, -0.25) is 0 Å². The average Bonchev–Trinajstić information content (AvgIpc) is 2.51. The maximum atomic E-state index is 13.4. The third-order valence-electron chi connectivity index (χ3n) is 1.73. The van der Waals surface area contributed by atoms with Crippen LogP contribution in [0.4, 0.5) is 10.4 Å². The maximum Gasteiger partial charge on any atom is 0.292 e. The van der Waals surface area contributed by atoms with Crippen LogP contribution in [0.3, 0.4) is 0 Å². The average molecular weight is 257 g/mol. The summed E-state index contributed by atoms with van der Waals surface area (Å²) in [6, 6.07) is 4.69. The van der Waals surface area contributed by atoms with Crippen molar-refractivity contribution in [3.05, 3.63) is 34.7 Å². The van der Waals surface area contributed by atoms with E-state index in [1.807, 2.05) is 0 Å².